The Bertz CT molecular complexity index is 519. The molecule has 21 heavy (non-hydrogen) atoms. The van der Waals surface area contributed by atoms with Crippen LogP contribution in [-0.4, -0.2) is 36.4 Å². The highest BCUT2D eigenvalue weighted by Gasteiger charge is 2.18. The van der Waals surface area contributed by atoms with E-state index in [4.69, 9.17) is 5.73 Å². The second-order valence-corrected chi connectivity index (χ2v) is 5.61. The number of hydrogen-bond acceptors (Lipinski definition) is 2. The van der Waals surface area contributed by atoms with Crippen molar-refractivity contribution in [1.29, 1.82) is 0 Å². The number of aliphatic imine (C=N–C) groups is 1. The third-order valence-electron chi connectivity index (χ3n) is 3.53. The summed E-state index contributed by atoms with van der Waals surface area (Å²) >= 11 is 0. The van der Waals surface area contributed by atoms with E-state index in [2.05, 4.69) is 30.2 Å². The highest BCUT2D eigenvalue weighted by Crippen LogP contribution is 2.13. The number of rotatable bonds is 5. The summed E-state index contributed by atoms with van der Waals surface area (Å²) in [5, 5.41) is 3.11. The Morgan fingerprint density at radius 2 is 2.05 bits per heavy atom. The summed E-state index contributed by atoms with van der Waals surface area (Å²) in [4.78, 5) is 17.7. The van der Waals surface area contributed by atoms with Crippen molar-refractivity contribution in [3.05, 3.63) is 29.3 Å². The van der Waals surface area contributed by atoms with Crippen molar-refractivity contribution in [1.82, 2.24) is 4.90 Å². The van der Waals surface area contributed by atoms with E-state index in [9.17, 15) is 4.79 Å². The quantitative estimate of drug-likeness (QED) is 0.495. The van der Waals surface area contributed by atoms with Gasteiger partial charge in [0.2, 0.25) is 5.91 Å². The minimum atomic E-state index is 0.264. The smallest absolute Gasteiger partial charge is 0.222 e. The molecule has 1 fully saturated rings. The lowest BCUT2D eigenvalue weighted by atomic mass is 10.1. The number of anilines is 1. The van der Waals surface area contributed by atoms with Gasteiger partial charge in [-0.1, -0.05) is 6.07 Å². The molecule has 0 radical (unpaired) electrons. The average molecular weight is 288 g/mol. The van der Waals surface area contributed by atoms with Gasteiger partial charge in [-0.25, -0.2) is 0 Å². The third-order valence-corrected chi connectivity index (χ3v) is 3.53. The van der Waals surface area contributed by atoms with Gasteiger partial charge in [0.05, 0.1) is 0 Å². The van der Waals surface area contributed by atoms with Gasteiger partial charge in [0.25, 0.3) is 0 Å². The first-order valence-electron chi connectivity index (χ1n) is 7.47. The van der Waals surface area contributed by atoms with Gasteiger partial charge in [-0.3, -0.25) is 9.79 Å². The summed E-state index contributed by atoms with van der Waals surface area (Å²) < 4.78 is 0. The van der Waals surface area contributed by atoms with Crippen molar-refractivity contribution in [3.8, 4) is 0 Å². The van der Waals surface area contributed by atoms with Crippen LogP contribution in [0.15, 0.2) is 23.2 Å². The number of likely N-dealkylation sites (tertiary alicyclic amines) is 1. The van der Waals surface area contributed by atoms with E-state index >= 15 is 0 Å². The normalized spacial score (nSPS) is 15.6. The van der Waals surface area contributed by atoms with E-state index in [1.54, 1.807) is 0 Å². The van der Waals surface area contributed by atoms with E-state index in [1.807, 2.05) is 17.0 Å². The largest absolute Gasteiger partial charge is 0.370 e. The zero-order valence-electron chi connectivity index (χ0n) is 12.9. The number of aryl methyl sites for hydroxylation is 2. The molecule has 0 aliphatic carbocycles. The van der Waals surface area contributed by atoms with Gasteiger partial charge >= 0.3 is 0 Å². The summed E-state index contributed by atoms with van der Waals surface area (Å²) in [6.45, 7) is 6.41. The van der Waals surface area contributed by atoms with Crippen LogP contribution in [0.2, 0.25) is 0 Å². The van der Waals surface area contributed by atoms with Gasteiger partial charge in [-0.15, -0.1) is 0 Å². The van der Waals surface area contributed by atoms with Crippen LogP contribution in [0.3, 0.4) is 0 Å². The van der Waals surface area contributed by atoms with Gasteiger partial charge in [0.1, 0.15) is 0 Å². The Morgan fingerprint density at radius 3 is 2.67 bits per heavy atom. The number of amides is 1. The molecule has 1 aromatic carbocycles. The lowest BCUT2D eigenvalue weighted by Gasteiger charge is -2.14. The van der Waals surface area contributed by atoms with Gasteiger partial charge in [0.15, 0.2) is 5.96 Å². The average Bonchev–Trinajstić information content (AvgIpc) is 2.79. The Morgan fingerprint density at radius 1 is 1.33 bits per heavy atom. The molecule has 5 nitrogen and oxygen atoms in total. The molecule has 0 spiro atoms. The van der Waals surface area contributed by atoms with Gasteiger partial charge < -0.3 is 16.0 Å². The molecule has 5 heteroatoms. The van der Waals surface area contributed by atoms with Crippen molar-refractivity contribution in [2.45, 2.75) is 33.1 Å². The maximum Gasteiger partial charge on any atom is 0.222 e. The summed E-state index contributed by atoms with van der Waals surface area (Å²) in [5.74, 6) is 0.688. The Hall–Kier alpha value is -2.04. The van der Waals surface area contributed by atoms with E-state index < -0.39 is 0 Å². The fourth-order valence-corrected chi connectivity index (χ4v) is 2.64. The lowest BCUT2D eigenvalue weighted by Crippen LogP contribution is -2.27. The number of benzene rings is 1. The first kappa shape index (κ1) is 15.4. The van der Waals surface area contributed by atoms with Crippen LogP contribution in [0, 0.1) is 13.8 Å². The van der Waals surface area contributed by atoms with E-state index in [0.29, 0.717) is 18.9 Å². The lowest BCUT2D eigenvalue weighted by molar-refractivity contribution is -0.127. The fraction of sp³-hybridized carbons (Fsp3) is 0.500. The topological polar surface area (TPSA) is 70.7 Å². The Kier molecular flexibility index (Phi) is 5.20. The molecule has 1 heterocycles. The molecule has 0 atom stereocenters. The summed E-state index contributed by atoms with van der Waals surface area (Å²) in [6.07, 6.45) is 2.53. The monoisotopic (exact) mass is 288 g/mol. The van der Waals surface area contributed by atoms with E-state index in [-0.39, 0.29) is 5.91 Å². The number of nitrogens with zero attached hydrogens (tertiary/aromatic N) is 2. The molecule has 1 aliphatic rings. The van der Waals surface area contributed by atoms with Crippen LogP contribution < -0.4 is 11.1 Å². The predicted molar refractivity (Wildman–Crippen MR) is 86.5 cm³/mol. The van der Waals surface area contributed by atoms with Crippen LogP contribution in [0.1, 0.15) is 30.4 Å². The second-order valence-electron chi connectivity index (χ2n) is 5.61. The summed E-state index contributed by atoms with van der Waals surface area (Å²) in [5.41, 5.74) is 9.23. The molecule has 1 saturated heterocycles. The first-order chi connectivity index (χ1) is 10.0. The number of nitrogens with two attached hydrogens (primary N) is 1. The molecular formula is C16H24N4O. The van der Waals surface area contributed by atoms with E-state index in [1.165, 1.54) is 11.1 Å². The maximum atomic E-state index is 11.5. The Labute approximate surface area is 126 Å². The standard InChI is InChI=1S/C16H24N4O/c1-12-9-13(2)11-14(10-12)19-16(17)18-6-4-8-20-7-3-5-15(20)21/h9-11H,3-8H2,1-2H3,(H3,17,18,19). The highest BCUT2D eigenvalue weighted by molar-refractivity contribution is 5.92. The number of carbonyl (C=O) groups is 1. The number of nitrogens with one attached hydrogen (secondary N) is 1. The van der Waals surface area contributed by atoms with E-state index in [0.717, 1.165) is 31.6 Å². The van der Waals surface area contributed by atoms with Crippen molar-refractivity contribution in [2.75, 3.05) is 25.0 Å². The van der Waals surface area contributed by atoms with Crippen LogP contribution in [-0.2, 0) is 4.79 Å². The zero-order chi connectivity index (χ0) is 15.2. The maximum absolute atomic E-state index is 11.5. The van der Waals surface area contributed by atoms with Crippen LogP contribution in [0.5, 0.6) is 0 Å². The van der Waals surface area contributed by atoms with Crippen molar-refractivity contribution in [2.24, 2.45) is 10.7 Å². The Balaban J connectivity index is 1.77. The molecule has 2 rings (SSSR count). The minimum Gasteiger partial charge on any atom is -0.370 e. The molecule has 1 aromatic rings. The van der Waals surface area contributed by atoms with Crippen LogP contribution in [0.25, 0.3) is 0 Å². The molecular weight excluding hydrogens is 264 g/mol. The van der Waals surface area contributed by atoms with Gasteiger partial charge in [-0.05, 0) is 49.9 Å². The number of guanidine groups is 1. The molecule has 0 aromatic heterocycles. The highest BCUT2D eigenvalue weighted by atomic mass is 16.2. The fourth-order valence-electron chi connectivity index (χ4n) is 2.64. The minimum absolute atomic E-state index is 0.264. The molecule has 1 amide bonds. The van der Waals surface area contributed by atoms with Crippen molar-refractivity contribution >= 4 is 17.6 Å². The van der Waals surface area contributed by atoms with Crippen LogP contribution >= 0.6 is 0 Å². The molecule has 0 saturated carbocycles. The molecule has 3 N–H and O–H groups in total. The predicted octanol–water partition coefficient (Wildman–Crippen LogP) is 2.04. The summed E-state index contributed by atoms with van der Waals surface area (Å²) in [7, 11) is 0. The number of carbonyl (C=O) groups excluding carboxylic acids is 1. The molecule has 0 bridgehead atoms. The van der Waals surface area contributed by atoms with Crippen molar-refractivity contribution in [3.63, 3.8) is 0 Å². The third kappa shape index (κ3) is 4.77. The second kappa shape index (κ2) is 7.11. The van der Waals surface area contributed by atoms with Crippen LogP contribution in [0.4, 0.5) is 5.69 Å². The van der Waals surface area contributed by atoms with Crippen molar-refractivity contribution < 1.29 is 4.79 Å². The molecule has 0 unspecified atom stereocenters. The van der Waals surface area contributed by atoms with Gasteiger partial charge in [-0.2, -0.15) is 0 Å². The molecule has 1 aliphatic heterocycles. The molecule has 114 valence electrons. The zero-order valence-corrected chi connectivity index (χ0v) is 12.9. The summed E-state index contributed by atoms with van der Waals surface area (Å²) in [6, 6.07) is 6.20. The van der Waals surface area contributed by atoms with Gasteiger partial charge in [0, 0.05) is 31.7 Å². The number of hydrogen-bond donors (Lipinski definition) is 2. The first-order valence-corrected chi connectivity index (χ1v) is 7.47. The SMILES string of the molecule is Cc1cc(C)cc(NC(N)=NCCCN2CCCC2=O)c1.